The van der Waals surface area contributed by atoms with Gasteiger partial charge in [-0.05, 0) is 47.5 Å². The maximum atomic E-state index is 5.87. The molecule has 0 bridgehead atoms. The van der Waals surface area contributed by atoms with Gasteiger partial charge in [-0.25, -0.2) is 4.98 Å². The van der Waals surface area contributed by atoms with E-state index in [0.717, 1.165) is 22.5 Å². The maximum Gasteiger partial charge on any atom is 0.226 e. The fourth-order valence-corrected chi connectivity index (χ4v) is 2.63. The van der Waals surface area contributed by atoms with Crippen molar-refractivity contribution >= 4 is 23.8 Å². The van der Waals surface area contributed by atoms with E-state index in [9.17, 15) is 0 Å². The molecule has 0 aliphatic rings. The minimum atomic E-state index is 0.383. The zero-order valence-corrected chi connectivity index (χ0v) is 14.0. The minimum absolute atomic E-state index is 0.383. The van der Waals surface area contributed by atoms with Crippen molar-refractivity contribution < 1.29 is 8.83 Å². The second kappa shape index (κ2) is 6.83. The molecular weight excluding hydrogens is 334 g/mol. The van der Waals surface area contributed by atoms with Crippen molar-refractivity contribution in [1.82, 2.24) is 4.98 Å². The van der Waals surface area contributed by atoms with E-state index >= 15 is 0 Å². The van der Waals surface area contributed by atoms with Gasteiger partial charge in [-0.15, -0.1) is 0 Å². The third-order valence-corrected chi connectivity index (χ3v) is 3.96. The molecule has 0 unspecified atom stereocenters. The Balaban J connectivity index is 1.52. The lowest BCUT2D eigenvalue weighted by Gasteiger charge is -1.98. The van der Waals surface area contributed by atoms with Gasteiger partial charge in [0.1, 0.15) is 5.76 Å². The Hall–Kier alpha value is -3.04. The second-order valence-corrected chi connectivity index (χ2v) is 5.87. The molecule has 0 saturated carbocycles. The molecule has 2 aromatic heterocycles. The normalized spacial score (nSPS) is 11.2. The van der Waals surface area contributed by atoms with Crippen LogP contribution >= 0.6 is 11.6 Å². The largest absolute Gasteiger partial charge is 0.445 e. The standard InChI is InChI=1S/C21H14ClNO2/c22-20-13-12-18(24-20)11-8-15-6-9-17(10-7-15)21-23-14-19(25-21)16-4-2-1-3-5-16/h1-14H. The molecule has 0 atom stereocenters. The van der Waals surface area contributed by atoms with Crippen molar-refractivity contribution in [2.45, 2.75) is 0 Å². The molecule has 3 nitrogen and oxygen atoms in total. The number of oxazole rings is 1. The molecule has 4 heteroatoms. The SMILES string of the molecule is Clc1ccc(C=Cc2ccc(-c3ncc(-c4ccccc4)o3)cc2)o1. The average Bonchev–Trinajstić information content (AvgIpc) is 3.30. The van der Waals surface area contributed by atoms with Crippen molar-refractivity contribution in [2.75, 3.05) is 0 Å². The molecule has 25 heavy (non-hydrogen) atoms. The quantitative estimate of drug-likeness (QED) is 0.427. The van der Waals surface area contributed by atoms with Crippen molar-refractivity contribution in [2.24, 2.45) is 0 Å². The van der Waals surface area contributed by atoms with Gasteiger partial charge >= 0.3 is 0 Å². The average molecular weight is 348 g/mol. The maximum absolute atomic E-state index is 5.87. The van der Waals surface area contributed by atoms with E-state index in [1.807, 2.05) is 72.8 Å². The van der Waals surface area contributed by atoms with Gasteiger partial charge in [0, 0.05) is 11.1 Å². The van der Waals surface area contributed by atoms with E-state index < -0.39 is 0 Å². The molecule has 4 rings (SSSR count). The van der Waals surface area contributed by atoms with Gasteiger partial charge < -0.3 is 8.83 Å². The Kier molecular flexibility index (Phi) is 4.23. The highest BCUT2D eigenvalue weighted by Gasteiger charge is 2.08. The lowest BCUT2D eigenvalue weighted by molar-refractivity contribution is 0.559. The fraction of sp³-hybridized carbons (Fsp3) is 0. The summed E-state index contributed by atoms with van der Waals surface area (Å²) < 4.78 is 11.2. The summed E-state index contributed by atoms with van der Waals surface area (Å²) in [7, 11) is 0. The molecule has 0 fully saturated rings. The van der Waals surface area contributed by atoms with Gasteiger partial charge in [-0.2, -0.15) is 0 Å². The molecule has 2 heterocycles. The fourth-order valence-electron chi connectivity index (χ4n) is 2.48. The summed E-state index contributed by atoms with van der Waals surface area (Å²) >= 11 is 5.76. The highest BCUT2D eigenvalue weighted by Crippen LogP contribution is 2.26. The van der Waals surface area contributed by atoms with Crippen LogP contribution in [0.5, 0.6) is 0 Å². The summed E-state index contributed by atoms with van der Waals surface area (Å²) in [5, 5.41) is 0.383. The summed E-state index contributed by atoms with van der Waals surface area (Å²) in [6.45, 7) is 0. The van der Waals surface area contributed by atoms with Crippen molar-refractivity contribution in [3.05, 3.63) is 89.5 Å². The summed E-state index contributed by atoms with van der Waals surface area (Å²) in [5.41, 5.74) is 2.99. The molecule has 122 valence electrons. The number of hydrogen-bond acceptors (Lipinski definition) is 3. The predicted octanol–water partition coefficient (Wildman–Crippen LogP) is 6.43. The zero-order valence-electron chi connectivity index (χ0n) is 13.2. The molecule has 0 aliphatic carbocycles. The first kappa shape index (κ1) is 15.5. The molecule has 2 aromatic carbocycles. The number of halogens is 1. The molecule has 0 aliphatic heterocycles. The monoisotopic (exact) mass is 347 g/mol. The zero-order chi connectivity index (χ0) is 17.1. The van der Waals surface area contributed by atoms with E-state index in [1.54, 1.807) is 12.3 Å². The van der Waals surface area contributed by atoms with Crippen LogP contribution in [0.4, 0.5) is 0 Å². The molecule has 0 amide bonds. The number of hydrogen-bond donors (Lipinski definition) is 0. The summed E-state index contributed by atoms with van der Waals surface area (Å²) in [6.07, 6.45) is 5.59. The highest BCUT2D eigenvalue weighted by molar-refractivity contribution is 6.28. The predicted molar refractivity (Wildman–Crippen MR) is 100 cm³/mol. The van der Waals surface area contributed by atoms with E-state index in [0.29, 0.717) is 16.9 Å². The van der Waals surface area contributed by atoms with Gasteiger partial charge in [0.05, 0.1) is 6.20 Å². The first-order valence-corrected chi connectivity index (χ1v) is 8.21. The molecule has 0 spiro atoms. The Bertz CT molecular complexity index is 998. The van der Waals surface area contributed by atoms with Crippen LogP contribution in [0.25, 0.3) is 34.9 Å². The Morgan fingerprint density at radius 1 is 0.760 bits per heavy atom. The van der Waals surface area contributed by atoms with Crippen LogP contribution < -0.4 is 0 Å². The first-order valence-electron chi connectivity index (χ1n) is 7.83. The Labute approximate surface area is 150 Å². The van der Waals surface area contributed by atoms with Crippen LogP contribution in [0.2, 0.25) is 5.22 Å². The van der Waals surface area contributed by atoms with Crippen molar-refractivity contribution in [1.29, 1.82) is 0 Å². The van der Waals surface area contributed by atoms with Crippen LogP contribution in [0, 0.1) is 0 Å². The van der Waals surface area contributed by atoms with Gasteiger partial charge in [-0.3, -0.25) is 0 Å². The lowest BCUT2D eigenvalue weighted by Crippen LogP contribution is -1.77. The minimum Gasteiger partial charge on any atom is -0.445 e. The van der Waals surface area contributed by atoms with Crippen LogP contribution in [-0.2, 0) is 0 Å². The highest BCUT2D eigenvalue weighted by atomic mass is 35.5. The second-order valence-electron chi connectivity index (χ2n) is 5.49. The molecular formula is C21H14ClNO2. The van der Waals surface area contributed by atoms with Gasteiger partial charge in [0.15, 0.2) is 11.0 Å². The van der Waals surface area contributed by atoms with Crippen molar-refractivity contribution in [3.63, 3.8) is 0 Å². The van der Waals surface area contributed by atoms with Gasteiger partial charge in [0.2, 0.25) is 5.89 Å². The third-order valence-electron chi connectivity index (χ3n) is 3.76. The van der Waals surface area contributed by atoms with Crippen LogP contribution in [0.15, 0.2) is 81.8 Å². The summed E-state index contributed by atoms with van der Waals surface area (Å²) in [6, 6.07) is 21.4. The Morgan fingerprint density at radius 2 is 1.56 bits per heavy atom. The van der Waals surface area contributed by atoms with Crippen LogP contribution in [0.1, 0.15) is 11.3 Å². The molecule has 4 aromatic rings. The van der Waals surface area contributed by atoms with Gasteiger partial charge in [0.25, 0.3) is 0 Å². The number of furan rings is 1. The smallest absolute Gasteiger partial charge is 0.226 e. The molecule has 0 N–H and O–H groups in total. The summed E-state index contributed by atoms with van der Waals surface area (Å²) in [4.78, 5) is 4.37. The van der Waals surface area contributed by atoms with Crippen LogP contribution in [-0.4, -0.2) is 4.98 Å². The Morgan fingerprint density at radius 3 is 2.28 bits per heavy atom. The molecule has 0 saturated heterocycles. The number of benzene rings is 2. The summed E-state index contributed by atoms with van der Waals surface area (Å²) in [5.74, 6) is 2.08. The first-order chi connectivity index (χ1) is 12.3. The third kappa shape index (κ3) is 3.57. The number of aromatic nitrogens is 1. The van der Waals surface area contributed by atoms with E-state index in [2.05, 4.69) is 4.98 Å². The number of rotatable bonds is 4. The van der Waals surface area contributed by atoms with E-state index in [-0.39, 0.29) is 0 Å². The van der Waals surface area contributed by atoms with E-state index in [4.69, 9.17) is 20.4 Å². The van der Waals surface area contributed by atoms with Crippen LogP contribution in [0.3, 0.4) is 0 Å². The molecule has 0 radical (unpaired) electrons. The van der Waals surface area contributed by atoms with Gasteiger partial charge in [-0.1, -0.05) is 48.5 Å². The topological polar surface area (TPSA) is 39.2 Å². The lowest BCUT2D eigenvalue weighted by atomic mass is 10.1. The van der Waals surface area contributed by atoms with E-state index in [1.165, 1.54) is 0 Å². The number of nitrogens with zero attached hydrogens (tertiary/aromatic N) is 1. The van der Waals surface area contributed by atoms with Crippen molar-refractivity contribution in [3.8, 4) is 22.8 Å².